The number of methoxy groups -OCH3 is 1. The van der Waals surface area contributed by atoms with Gasteiger partial charge in [-0.25, -0.2) is 4.39 Å². The minimum Gasteiger partial charge on any atom is -0.494 e. The molecule has 0 bridgehead atoms. The Morgan fingerprint density at radius 1 is 1.04 bits per heavy atom. The zero-order valence-electron chi connectivity index (χ0n) is 16.5. The van der Waals surface area contributed by atoms with Crippen molar-refractivity contribution in [1.82, 2.24) is 4.90 Å². The van der Waals surface area contributed by atoms with Gasteiger partial charge in [-0.2, -0.15) is 0 Å². The third-order valence-electron chi connectivity index (χ3n) is 4.33. The fourth-order valence-electron chi connectivity index (χ4n) is 2.83. The van der Waals surface area contributed by atoms with Crippen LogP contribution in [0, 0.1) is 11.7 Å². The predicted molar refractivity (Wildman–Crippen MR) is 104 cm³/mol. The first-order valence-electron chi connectivity index (χ1n) is 9.24. The number of halogens is 1. The van der Waals surface area contributed by atoms with Gasteiger partial charge in [0.1, 0.15) is 11.6 Å². The summed E-state index contributed by atoms with van der Waals surface area (Å²) in [5.41, 5.74) is 1.64. The molecule has 0 heterocycles. The molecule has 0 fully saturated rings. The Kier molecular flexibility index (Phi) is 7.99. The summed E-state index contributed by atoms with van der Waals surface area (Å²) in [4.78, 5) is 26.3. The van der Waals surface area contributed by atoms with E-state index in [0.29, 0.717) is 6.61 Å². The number of carbonyl (C=O) groups is 2. The van der Waals surface area contributed by atoms with Gasteiger partial charge < -0.3 is 14.4 Å². The summed E-state index contributed by atoms with van der Waals surface area (Å²) in [7, 11) is 1.32. The molecule has 2 rings (SSSR count). The Morgan fingerprint density at radius 2 is 1.64 bits per heavy atom. The fourth-order valence-corrected chi connectivity index (χ4v) is 2.83. The highest BCUT2D eigenvalue weighted by Gasteiger charge is 2.22. The topological polar surface area (TPSA) is 55.8 Å². The van der Waals surface area contributed by atoms with E-state index in [0.717, 1.165) is 16.9 Å². The van der Waals surface area contributed by atoms with Gasteiger partial charge in [0.15, 0.2) is 0 Å². The number of esters is 1. The Morgan fingerprint density at radius 3 is 2.21 bits per heavy atom. The molecule has 0 aliphatic carbocycles. The zero-order valence-corrected chi connectivity index (χ0v) is 16.5. The standard InChI is InChI=1S/C22H26FNO4/c1-4-28-20-11-7-17(8-12-20)13-21(25)24(14-16(2)22(26)27-3)15-18-5-9-19(23)10-6-18/h5-12,16H,4,13-15H2,1-3H3. The molecule has 0 spiro atoms. The van der Waals surface area contributed by atoms with Gasteiger partial charge in [-0.15, -0.1) is 0 Å². The molecule has 1 atom stereocenters. The van der Waals surface area contributed by atoms with Gasteiger partial charge in [0.2, 0.25) is 5.91 Å². The van der Waals surface area contributed by atoms with Crippen molar-refractivity contribution in [3.05, 3.63) is 65.5 Å². The fraction of sp³-hybridized carbons (Fsp3) is 0.364. The van der Waals surface area contributed by atoms with Gasteiger partial charge in [0.25, 0.3) is 0 Å². The van der Waals surface area contributed by atoms with Crippen molar-refractivity contribution in [1.29, 1.82) is 0 Å². The maximum Gasteiger partial charge on any atom is 0.310 e. The molecule has 0 aliphatic heterocycles. The first kappa shape index (κ1) is 21.4. The summed E-state index contributed by atoms with van der Waals surface area (Å²) in [6, 6.07) is 13.3. The van der Waals surface area contributed by atoms with Crippen LogP contribution in [0.25, 0.3) is 0 Å². The first-order valence-corrected chi connectivity index (χ1v) is 9.24. The first-order chi connectivity index (χ1) is 13.4. The van der Waals surface area contributed by atoms with Crippen LogP contribution in [0.1, 0.15) is 25.0 Å². The van der Waals surface area contributed by atoms with Crippen LogP contribution in [-0.4, -0.2) is 37.0 Å². The zero-order chi connectivity index (χ0) is 20.5. The molecule has 2 aromatic carbocycles. The maximum absolute atomic E-state index is 13.2. The maximum atomic E-state index is 13.2. The lowest BCUT2D eigenvalue weighted by molar-refractivity contribution is -0.146. The molecule has 28 heavy (non-hydrogen) atoms. The van der Waals surface area contributed by atoms with E-state index in [-0.39, 0.29) is 37.2 Å². The van der Waals surface area contributed by atoms with E-state index in [1.54, 1.807) is 24.0 Å². The van der Waals surface area contributed by atoms with E-state index in [9.17, 15) is 14.0 Å². The van der Waals surface area contributed by atoms with Gasteiger partial charge in [-0.1, -0.05) is 31.2 Å². The van der Waals surface area contributed by atoms with Gasteiger partial charge >= 0.3 is 5.97 Å². The molecule has 0 radical (unpaired) electrons. The molecule has 0 saturated carbocycles. The quantitative estimate of drug-likeness (QED) is 0.617. The number of nitrogens with zero attached hydrogens (tertiary/aromatic N) is 1. The van der Waals surface area contributed by atoms with Crippen LogP contribution in [0.5, 0.6) is 5.75 Å². The summed E-state index contributed by atoms with van der Waals surface area (Å²) in [6.45, 7) is 4.72. The summed E-state index contributed by atoms with van der Waals surface area (Å²) >= 11 is 0. The largest absolute Gasteiger partial charge is 0.494 e. The number of ether oxygens (including phenoxy) is 2. The predicted octanol–water partition coefficient (Wildman–Crippen LogP) is 3.60. The van der Waals surface area contributed by atoms with E-state index < -0.39 is 5.92 Å². The van der Waals surface area contributed by atoms with Gasteiger partial charge in [0.05, 0.1) is 26.1 Å². The normalized spacial score (nSPS) is 11.6. The van der Waals surface area contributed by atoms with E-state index in [4.69, 9.17) is 9.47 Å². The van der Waals surface area contributed by atoms with Crippen LogP contribution >= 0.6 is 0 Å². The second-order valence-electron chi connectivity index (χ2n) is 6.58. The Hall–Kier alpha value is -2.89. The molecule has 0 aromatic heterocycles. The molecule has 2 aromatic rings. The minimum atomic E-state index is -0.463. The summed E-state index contributed by atoms with van der Waals surface area (Å²) in [6.07, 6.45) is 0.196. The van der Waals surface area contributed by atoms with Crippen molar-refractivity contribution in [2.45, 2.75) is 26.8 Å². The van der Waals surface area contributed by atoms with Crippen molar-refractivity contribution in [3.63, 3.8) is 0 Å². The monoisotopic (exact) mass is 387 g/mol. The van der Waals surface area contributed by atoms with Crippen LogP contribution < -0.4 is 4.74 Å². The van der Waals surface area contributed by atoms with E-state index in [1.807, 2.05) is 31.2 Å². The molecular weight excluding hydrogens is 361 g/mol. The van der Waals surface area contributed by atoms with Crippen LogP contribution in [0.4, 0.5) is 4.39 Å². The number of benzene rings is 2. The average Bonchev–Trinajstić information content (AvgIpc) is 2.70. The Balaban J connectivity index is 2.12. The summed E-state index contributed by atoms with van der Waals surface area (Å²) in [5, 5.41) is 0. The smallest absolute Gasteiger partial charge is 0.310 e. The summed E-state index contributed by atoms with van der Waals surface area (Å²) in [5.74, 6) is -0.544. The molecule has 0 aliphatic rings. The second kappa shape index (κ2) is 10.4. The number of rotatable bonds is 9. The highest BCUT2D eigenvalue weighted by Crippen LogP contribution is 2.15. The van der Waals surface area contributed by atoms with E-state index in [1.165, 1.54) is 19.2 Å². The number of hydrogen-bond acceptors (Lipinski definition) is 4. The molecule has 0 N–H and O–H groups in total. The third kappa shape index (κ3) is 6.37. The molecule has 0 saturated heterocycles. The third-order valence-corrected chi connectivity index (χ3v) is 4.33. The molecular formula is C22H26FNO4. The SMILES string of the molecule is CCOc1ccc(CC(=O)N(Cc2ccc(F)cc2)CC(C)C(=O)OC)cc1. The number of carbonyl (C=O) groups excluding carboxylic acids is 2. The van der Waals surface area contributed by atoms with Crippen molar-refractivity contribution in [2.75, 3.05) is 20.3 Å². The molecule has 5 nitrogen and oxygen atoms in total. The van der Waals surface area contributed by atoms with Gasteiger partial charge in [0, 0.05) is 13.1 Å². The van der Waals surface area contributed by atoms with Crippen LogP contribution in [-0.2, 0) is 27.3 Å². The summed E-state index contributed by atoms with van der Waals surface area (Å²) < 4.78 is 23.4. The molecule has 1 amide bonds. The van der Waals surface area contributed by atoms with E-state index >= 15 is 0 Å². The minimum absolute atomic E-state index is 0.121. The highest BCUT2D eigenvalue weighted by atomic mass is 19.1. The lowest BCUT2D eigenvalue weighted by Gasteiger charge is -2.25. The number of hydrogen-bond donors (Lipinski definition) is 0. The van der Waals surface area contributed by atoms with Crippen molar-refractivity contribution in [3.8, 4) is 5.75 Å². The lowest BCUT2D eigenvalue weighted by atomic mass is 10.1. The van der Waals surface area contributed by atoms with Gasteiger partial charge in [-0.05, 0) is 42.3 Å². The van der Waals surface area contributed by atoms with Crippen molar-refractivity contribution in [2.24, 2.45) is 5.92 Å². The lowest BCUT2D eigenvalue weighted by Crippen LogP contribution is -2.37. The average molecular weight is 387 g/mol. The highest BCUT2D eigenvalue weighted by molar-refractivity contribution is 5.80. The van der Waals surface area contributed by atoms with Crippen LogP contribution in [0.15, 0.2) is 48.5 Å². The Bertz CT molecular complexity index is 774. The van der Waals surface area contributed by atoms with Gasteiger partial charge in [-0.3, -0.25) is 9.59 Å². The van der Waals surface area contributed by atoms with E-state index in [2.05, 4.69) is 0 Å². The number of amides is 1. The molecule has 1 unspecified atom stereocenters. The second-order valence-corrected chi connectivity index (χ2v) is 6.58. The van der Waals surface area contributed by atoms with Crippen molar-refractivity contribution >= 4 is 11.9 Å². The molecule has 150 valence electrons. The molecule has 6 heteroatoms. The van der Waals surface area contributed by atoms with Crippen molar-refractivity contribution < 1.29 is 23.5 Å². The van der Waals surface area contributed by atoms with Crippen LogP contribution in [0.3, 0.4) is 0 Å². The van der Waals surface area contributed by atoms with Crippen LogP contribution in [0.2, 0.25) is 0 Å². The Labute approximate surface area is 165 Å².